The topological polar surface area (TPSA) is 47.6 Å². The predicted octanol–water partition coefficient (Wildman–Crippen LogP) is 1.71. The van der Waals surface area contributed by atoms with Crippen molar-refractivity contribution in [1.82, 2.24) is 0 Å². The lowest BCUT2D eigenvalue weighted by atomic mass is 9.90. The number of hydrogen-bond donors (Lipinski definition) is 1. The highest BCUT2D eigenvalue weighted by molar-refractivity contribution is 5.95. The van der Waals surface area contributed by atoms with Gasteiger partial charge in [0, 0.05) is 18.0 Å². The quantitative estimate of drug-likeness (QED) is 0.777. The molecule has 0 radical (unpaired) electrons. The minimum Gasteiger partial charge on any atom is -0.472 e. The SMILES string of the molecule is NC1CCC2N=C(c3ccccc3)OC2C1. The fourth-order valence-corrected chi connectivity index (χ4v) is 2.47. The fraction of sp³-hybridized carbons (Fsp3) is 0.462. The molecule has 1 heterocycles. The van der Waals surface area contributed by atoms with Gasteiger partial charge in [-0.3, -0.25) is 0 Å². The first kappa shape index (κ1) is 9.85. The number of hydrogen-bond acceptors (Lipinski definition) is 3. The zero-order valence-corrected chi connectivity index (χ0v) is 9.17. The maximum absolute atomic E-state index is 5.94. The zero-order chi connectivity index (χ0) is 11.0. The minimum atomic E-state index is 0.207. The van der Waals surface area contributed by atoms with E-state index in [1.807, 2.05) is 30.3 Å². The summed E-state index contributed by atoms with van der Waals surface area (Å²) in [6.45, 7) is 0. The lowest BCUT2D eigenvalue weighted by Crippen LogP contribution is -2.37. The summed E-state index contributed by atoms with van der Waals surface area (Å²) in [4.78, 5) is 4.65. The summed E-state index contributed by atoms with van der Waals surface area (Å²) < 4.78 is 5.89. The molecule has 0 amide bonds. The van der Waals surface area contributed by atoms with Gasteiger partial charge in [-0.25, -0.2) is 4.99 Å². The van der Waals surface area contributed by atoms with Crippen molar-refractivity contribution in [3.8, 4) is 0 Å². The van der Waals surface area contributed by atoms with Crippen LogP contribution in [0.2, 0.25) is 0 Å². The molecule has 3 heteroatoms. The average Bonchev–Trinajstić information content (AvgIpc) is 2.73. The molecule has 2 N–H and O–H groups in total. The highest BCUT2D eigenvalue weighted by atomic mass is 16.5. The number of rotatable bonds is 1. The van der Waals surface area contributed by atoms with Crippen LogP contribution in [0.4, 0.5) is 0 Å². The number of fused-ring (bicyclic) bond motifs is 1. The van der Waals surface area contributed by atoms with Crippen LogP contribution < -0.4 is 5.73 Å². The second-order valence-corrected chi connectivity index (χ2v) is 4.60. The van der Waals surface area contributed by atoms with Gasteiger partial charge in [-0.05, 0) is 25.0 Å². The Hall–Kier alpha value is -1.35. The molecule has 1 aliphatic heterocycles. The highest BCUT2D eigenvalue weighted by Gasteiger charge is 2.36. The Labute approximate surface area is 95.3 Å². The molecule has 0 saturated heterocycles. The summed E-state index contributed by atoms with van der Waals surface area (Å²) in [6.07, 6.45) is 3.27. The summed E-state index contributed by atoms with van der Waals surface area (Å²) >= 11 is 0. The standard InChI is InChI=1S/C13H16N2O/c14-10-6-7-11-12(8-10)16-13(15-11)9-4-2-1-3-5-9/h1-5,10-12H,6-8,14H2. The second-order valence-electron chi connectivity index (χ2n) is 4.60. The van der Waals surface area contributed by atoms with Crippen LogP contribution in [0.15, 0.2) is 35.3 Å². The Morgan fingerprint density at radius 3 is 2.81 bits per heavy atom. The largest absolute Gasteiger partial charge is 0.472 e. The Kier molecular flexibility index (Phi) is 2.40. The molecule has 3 unspecified atom stereocenters. The van der Waals surface area contributed by atoms with Crippen molar-refractivity contribution in [1.29, 1.82) is 0 Å². The smallest absolute Gasteiger partial charge is 0.216 e. The molecule has 3 atom stereocenters. The first-order valence-electron chi connectivity index (χ1n) is 5.88. The second kappa shape index (κ2) is 3.91. The highest BCUT2D eigenvalue weighted by Crippen LogP contribution is 2.29. The van der Waals surface area contributed by atoms with E-state index in [2.05, 4.69) is 4.99 Å². The van der Waals surface area contributed by atoms with Crippen molar-refractivity contribution in [2.24, 2.45) is 10.7 Å². The van der Waals surface area contributed by atoms with E-state index in [0.29, 0.717) is 6.04 Å². The van der Waals surface area contributed by atoms with Crippen LogP contribution in [0.5, 0.6) is 0 Å². The molecular formula is C13H16N2O. The van der Waals surface area contributed by atoms with Crippen molar-refractivity contribution in [2.75, 3.05) is 0 Å². The monoisotopic (exact) mass is 216 g/mol. The Bertz CT molecular complexity index is 402. The molecule has 1 aromatic rings. The van der Waals surface area contributed by atoms with E-state index >= 15 is 0 Å². The molecular weight excluding hydrogens is 200 g/mol. The van der Waals surface area contributed by atoms with E-state index in [1.54, 1.807) is 0 Å². The first-order chi connectivity index (χ1) is 7.83. The maximum atomic E-state index is 5.94. The number of aliphatic imine (C=N–C) groups is 1. The molecule has 84 valence electrons. The molecule has 1 aliphatic carbocycles. The van der Waals surface area contributed by atoms with Gasteiger partial charge in [0.25, 0.3) is 0 Å². The average molecular weight is 216 g/mol. The van der Waals surface area contributed by atoms with Gasteiger partial charge in [-0.2, -0.15) is 0 Å². The van der Waals surface area contributed by atoms with E-state index < -0.39 is 0 Å². The lowest BCUT2D eigenvalue weighted by molar-refractivity contribution is 0.142. The lowest BCUT2D eigenvalue weighted by Gasteiger charge is -2.26. The van der Waals surface area contributed by atoms with Crippen LogP contribution >= 0.6 is 0 Å². The molecule has 0 aromatic heterocycles. The summed E-state index contributed by atoms with van der Waals surface area (Å²) in [7, 11) is 0. The molecule has 3 rings (SSSR count). The molecule has 1 saturated carbocycles. The van der Waals surface area contributed by atoms with Crippen LogP contribution in [-0.2, 0) is 4.74 Å². The van der Waals surface area contributed by atoms with Crippen molar-refractivity contribution >= 4 is 5.90 Å². The van der Waals surface area contributed by atoms with Crippen molar-refractivity contribution < 1.29 is 4.74 Å². The van der Waals surface area contributed by atoms with Gasteiger partial charge in [-0.1, -0.05) is 18.2 Å². The van der Waals surface area contributed by atoms with Crippen LogP contribution in [0.3, 0.4) is 0 Å². The Balaban J connectivity index is 1.80. The first-order valence-corrected chi connectivity index (χ1v) is 5.88. The van der Waals surface area contributed by atoms with E-state index in [4.69, 9.17) is 10.5 Å². The number of nitrogens with two attached hydrogens (primary N) is 1. The van der Waals surface area contributed by atoms with E-state index in [0.717, 1.165) is 30.7 Å². The summed E-state index contributed by atoms with van der Waals surface area (Å²) in [5.41, 5.74) is 7.02. The van der Waals surface area contributed by atoms with Crippen molar-refractivity contribution in [3.05, 3.63) is 35.9 Å². The molecule has 1 aromatic carbocycles. The van der Waals surface area contributed by atoms with Gasteiger partial charge in [0.2, 0.25) is 5.90 Å². The normalized spacial score (nSPS) is 32.8. The molecule has 1 fully saturated rings. The predicted molar refractivity (Wildman–Crippen MR) is 63.5 cm³/mol. The third-order valence-corrected chi connectivity index (χ3v) is 3.36. The maximum Gasteiger partial charge on any atom is 0.216 e. The fourth-order valence-electron chi connectivity index (χ4n) is 2.47. The number of benzene rings is 1. The summed E-state index contributed by atoms with van der Waals surface area (Å²) in [5.74, 6) is 0.796. The van der Waals surface area contributed by atoms with E-state index in [1.165, 1.54) is 0 Å². The summed E-state index contributed by atoms with van der Waals surface area (Å²) in [6, 6.07) is 10.7. The molecule has 16 heavy (non-hydrogen) atoms. The van der Waals surface area contributed by atoms with Gasteiger partial charge in [-0.15, -0.1) is 0 Å². The third-order valence-electron chi connectivity index (χ3n) is 3.36. The Morgan fingerprint density at radius 1 is 1.19 bits per heavy atom. The van der Waals surface area contributed by atoms with Crippen LogP contribution in [0.25, 0.3) is 0 Å². The molecule has 0 spiro atoms. The van der Waals surface area contributed by atoms with Gasteiger partial charge >= 0.3 is 0 Å². The van der Waals surface area contributed by atoms with E-state index in [-0.39, 0.29) is 12.1 Å². The zero-order valence-electron chi connectivity index (χ0n) is 9.17. The van der Waals surface area contributed by atoms with Gasteiger partial charge in [0.15, 0.2) is 0 Å². The van der Waals surface area contributed by atoms with Crippen molar-refractivity contribution in [3.63, 3.8) is 0 Å². The Morgan fingerprint density at radius 2 is 2.00 bits per heavy atom. The van der Waals surface area contributed by atoms with Crippen LogP contribution in [0.1, 0.15) is 24.8 Å². The molecule has 0 bridgehead atoms. The minimum absolute atomic E-state index is 0.207. The molecule has 3 nitrogen and oxygen atoms in total. The van der Waals surface area contributed by atoms with Gasteiger partial charge in [0.1, 0.15) is 6.10 Å². The van der Waals surface area contributed by atoms with Crippen molar-refractivity contribution in [2.45, 2.75) is 37.5 Å². The molecule has 2 aliphatic rings. The van der Waals surface area contributed by atoms with Crippen LogP contribution in [-0.4, -0.2) is 24.1 Å². The van der Waals surface area contributed by atoms with Gasteiger partial charge < -0.3 is 10.5 Å². The van der Waals surface area contributed by atoms with E-state index in [9.17, 15) is 0 Å². The number of nitrogens with zero attached hydrogens (tertiary/aromatic N) is 1. The number of ether oxygens (including phenoxy) is 1. The third kappa shape index (κ3) is 1.71. The summed E-state index contributed by atoms with van der Waals surface area (Å²) in [5, 5.41) is 0. The van der Waals surface area contributed by atoms with Crippen LogP contribution in [0, 0.1) is 0 Å². The van der Waals surface area contributed by atoms with Gasteiger partial charge in [0.05, 0.1) is 6.04 Å².